The van der Waals surface area contributed by atoms with Crippen LogP contribution in [-0.4, -0.2) is 19.9 Å². The number of benzene rings is 19. The first-order valence-corrected chi connectivity index (χ1v) is 43.5. The van der Waals surface area contributed by atoms with Crippen LogP contribution in [0.25, 0.3) is 186 Å². The molecule has 7 heteroatoms. The van der Waals surface area contributed by atoms with E-state index in [-0.39, 0.29) is 0 Å². The summed E-state index contributed by atoms with van der Waals surface area (Å²) in [5, 5.41) is 12.6. The van der Waals surface area contributed by atoms with Crippen molar-refractivity contribution in [2.75, 3.05) is 0 Å². The number of fused-ring (bicyclic) bond motifs is 29. The summed E-state index contributed by atoms with van der Waals surface area (Å²) in [6, 6.07) is 153. The van der Waals surface area contributed by atoms with Crippen molar-refractivity contribution in [1.29, 1.82) is 0 Å². The van der Waals surface area contributed by atoms with Crippen molar-refractivity contribution >= 4 is 96.5 Å². The average molecular weight is 1610 g/mol. The molecule has 4 aliphatic rings. The van der Waals surface area contributed by atoms with Crippen molar-refractivity contribution in [1.82, 2.24) is 19.9 Å². The molecule has 23 aromatic rings. The Morgan fingerprint density at radius 1 is 0.200 bits per heavy atom. The van der Waals surface area contributed by atoms with E-state index < -0.39 is 10.8 Å². The Balaban J connectivity index is 0.000000134. The number of aromatic nitrogens is 4. The molecule has 580 valence electrons. The van der Waals surface area contributed by atoms with Gasteiger partial charge < -0.3 is 9.47 Å². The molecule has 27 rings (SSSR count). The fourth-order valence-corrected chi connectivity index (χ4v) is 22.5. The predicted octanol–water partition coefficient (Wildman–Crippen LogP) is 30.8. The highest BCUT2D eigenvalue weighted by molar-refractivity contribution is 7.26. The predicted molar refractivity (Wildman–Crippen MR) is 515 cm³/mol. The van der Waals surface area contributed by atoms with Crippen molar-refractivity contribution in [3.8, 4) is 124 Å². The van der Waals surface area contributed by atoms with Gasteiger partial charge in [-0.05, 0) is 177 Å². The molecule has 0 saturated heterocycles. The smallest absolute Gasteiger partial charge is 0.160 e. The van der Waals surface area contributed by atoms with E-state index >= 15 is 0 Å². The summed E-state index contributed by atoms with van der Waals surface area (Å²) in [7, 11) is 0. The third-order valence-electron chi connectivity index (χ3n) is 26.6. The Hall–Kier alpha value is -16.1. The number of ether oxygens (including phenoxy) is 2. The first kappa shape index (κ1) is 70.8. The first-order chi connectivity index (χ1) is 62.0. The maximum Gasteiger partial charge on any atom is 0.160 e. The fraction of sp³-hybridized carbons (Fsp3) is 0.0169. The van der Waals surface area contributed by atoms with Crippen LogP contribution in [0, 0.1) is 0 Å². The molecular weight excluding hydrogens is 1540 g/mol. The minimum atomic E-state index is -0.561. The SMILES string of the molecule is c1ccc(-c2ccc(-c3c4ccccc4c(-c4cccc(-c5nc6ccccc6c6cc7c(cc56)Oc5ccccc5C75c6ccccc6-c6ccccc65)c4)c4ccccc34)cc2)cc1.c1ccc(-c2nc(-c3cccc(-c4nc5ccccc5c5cc6c(cc45)Oc4ccccc4C64c5ccccc5-c5ccccc54)c3)c3sc4ccccc4c3n2)cc1. The van der Waals surface area contributed by atoms with Gasteiger partial charge in [0.15, 0.2) is 5.82 Å². The van der Waals surface area contributed by atoms with Crippen molar-refractivity contribution in [2.24, 2.45) is 0 Å². The minimum Gasteiger partial charge on any atom is -0.457 e. The molecule has 6 nitrogen and oxygen atoms in total. The van der Waals surface area contributed by atoms with Crippen LogP contribution < -0.4 is 9.47 Å². The molecule has 0 bridgehead atoms. The van der Waals surface area contributed by atoms with Crippen molar-refractivity contribution in [3.63, 3.8) is 0 Å². The van der Waals surface area contributed by atoms with Crippen LogP contribution in [0.4, 0.5) is 0 Å². The summed E-state index contributed by atoms with van der Waals surface area (Å²) >= 11 is 1.75. The lowest BCUT2D eigenvalue weighted by atomic mass is 9.65. The molecule has 4 aromatic heterocycles. The summed E-state index contributed by atoms with van der Waals surface area (Å²) in [5.74, 6) is 4.15. The van der Waals surface area contributed by atoms with Crippen LogP contribution in [-0.2, 0) is 10.8 Å². The average Bonchev–Trinajstić information content (AvgIpc) is 1.52. The van der Waals surface area contributed by atoms with Crippen LogP contribution in [0.15, 0.2) is 425 Å². The number of hydrogen-bond acceptors (Lipinski definition) is 7. The van der Waals surface area contributed by atoms with Crippen LogP contribution in [0.5, 0.6) is 23.0 Å². The lowest BCUT2D eigenvalue weighted by molar-refractivity contribution is 0.437. The molecule has 2 aliphatic heterocycles. The van der Waals surface area contributed by atoms with Gasteiger partial charge in [-0.15, -0.1) is 11.3 Å². The number of hydrogen-bond donors (Lipinski definition) is 0. The van der Waals surface area contributed by atoms with Gasteiger partial charge in [-0.2, -0.15) is 0 Å². The zero-order valence-electron chi connectivity index (χ0n) is 67.4. The lowest BCUT2D eigenvalue weighted by Gasteiger charge is -2.39. The molecule has 125 heavy (non-hydrogen) atoms. The minimum absolute atomic E-state index is 0.560. The van der Waals surface area contributed by atoms with E-state index in [1.165, 1.54) is 98.6 Å². The van der Waals surface area contributed by atoms with Crippen molar-refractivity contribution in [3.05, 3.63) is 469 Å². The Kier molecular flexibility index (Phi) is 15.7. The van der Waals surface area contributed by atoms with Crippen molar-refractivity contribution in [2.45, 2.75) is 10.8 Å². The van der Waals surface area contributed by atoms with Crippen LogP contribution >= 0.6 is 11.3 Å². The standard InChI is InChI=1S/C64H39NO.C54H31N3OS/c1-2-17-40(18-3-1)41-33-35-42(36-34-41)61-48-24-4-6-26-50(48)62(51-27-7-5-25-49(51)61)43-19-16-20-44(37-43)63-53-39-60-57(38-52(53)47-23-10-14-31-58(47)65-63)64(56-30-13-15-32-59(56)66-60)54-28-11-8-21-45(54)46-22-9-12-29-55(46)64;1-2-15-32(16-3-1)53-56-50(52-51(57-53)38-22-7-13-28-48(38)59-52)34-18-14-17-33(29-34)49-40-31-47-44(30-39(40)37-21-6-11-26-45(37)55-49)54(43-25-10-12-27-46(43)58-47)41-23-8-4-19-35(41)36-20-5-9-24-42(36)54/h1-39H;1-31H. The highest BCUT2D eigenvalue weighted by Gasteiger charge is 2.53. The largest absolute Gasteiger partial charge is 0.457 e. The quantitative estimate of drug-likeness (QED) is 0.117. The molecule has 6 heterocycles. The number of pyridine rings is 2. The summed E-state index contributed by atoms with van der Waals surface area (Å²) in [6.07, 6.45) is 0. The Morgan fingerprint density at radius 2 is 0.552 bits per heavy atom. The van der Waals surface area contributed by atoms with Crippen LogP contribution in [0.3, 0.4) is 0 Å². The molecular formula is C118H70N4O2S. The van der Waals surface area contributed by atoms with Crippen molar-refractivity contribution < 1.29 is 9.47 Å². The first-order valence-electron chi connectivity index (χ1n) is 42.7. The summed E-state index contributed by atoms with van der Waals surface area (Å²) in [6.45, 7) is 0. The van der Waals surface area contributed by atoms with Gasteiger partial charge in [0.25, 0.3) is 0 Å². The second-order valence-corrected chi connectivity index (χ2v) is 34.2. The molecule has 0 radical (unpaired) electrons. The molecule has 19 aromatic carbocycles. The molecule has 0 N–H and O–H groups in total. The molecule has 2 spiro atoms. The molecule has 0 amide bonds. The van der Waals surface area contributed by atoms with Gasteiger partial charge >= 0.3 is 0 Å². The lowest BCUT2D eigenvalue weighted by Crippen LogP contribution is -2.32. The highest BCUT2D eigenvalue weighted by Crippen LogP contribution is 2.65. The number of rotatable bonds is 7. The van der Waals surface area contributed by atoms with E-state index in [1.807, 2.05) is 18.2 Å². The zero-order valence-corrected chi connectivity index (χ0v) is 68.2. The summed E-state index contributed by atoms with van der Waals surface area (Å²) in [4.78, 5) is 21.4. The van der Waals surface area contributed by atoms with Crippen LogP contribution in [0.1, 0.15) is 44.5 Å². The normalized spacial score (nSPS) is 13.2. The van der Waals surface area contributed by atoms with Gasteiger partial charge in [0.2, 0.25) is 0 Å². The fourth-order valence-electron chi connectivity index (χ4n) is 21.4. The second-order valence-electron chi connectivity index (χ2n) is 33.1. The van der Waals surface area contributed by atoms with E-state index in [0.29, 0.717) is 5.82 Å². The van der Waals surface area contributed by atoms with Gasteiger partial charge in [-0.25, -0.2) is 19.9 Å². The summed E-state index contributed by atoms with van der Waals surface area (Å²) in [5.41, 5.74) is 30.6. The number of thiophene rings is 1. The van der Waals surface area contributed by atoms with Gasteiger partial charge in [-0.1, -0.05) is 358 Å². The molecule has 0 fully saturated rings. The van der Waals surface area contributed by atoms with E-state index in [1.54, 1.807) is 11.3 Å². The van der Waals surface area contributed by atoms with Gasteiger partial charge in [0.05, 0.1) is 49.2 Å². The van der Waals surface area contributed by atoms with E-state index in [2.05, 4.69) is 406 Å². The van der Waals surface area contributed by atoms with Crippen LogP contribution in [0.2, 0.25) is 0 Å². The molecule has 2 aliphatic carbocycles. The number of para-hydroxylation sites is 4. The second kappa shape index (κ2) is 27.7. The topological polar surface area (TPSA) is 70.0 Å². The Labute approximate surface area is 724 Å². The van der Waals surface area contributed by atoms with Gasteiger partial charge in [0, 0.05) is 76.1 Å². The third kappa shape index (κ3) is 10.5. The Morgan fingerprint density at radius 3 is 1.04 bits per heavy atom. The summed E-state index contributed by atoms with van der Waals surface area (Å²) < 4.78 is 16.3. The number of nitrogens with zero attached hydrogens (tertiary/aromatic N) is 4. The zero-order chi connectivity index (χ0) is 82.0. The van der Waals surface area contributed by atoms with E-state index in [4.69, 9.17) is 29.4 Å². The Bertz CT molecular complexity index is 8360. The maximum atomic E-state index is 7.04. The van der Waals surface area contributed by atoms with E-state index in [9.17, 15) is 0 Å². The van der Waals surface area contributed by atoms with Gasteiger partial charge in [0.1, 0.15) is 23.0 Å². The van der Waals surface area contributed by atoms with Gasteiger partial charge in [-0.3, -0.25) is 0 Å². The third-order valence-corrected chi connectivity index (χ3v) is 27.8. The molecule has 0 saturated carbocycles. The van der Waals surface area contributed by atoms with E-state index in [0.717, 1.165) is 149 Å². The molecule has 0 atom stereocenters. The highest BCUT2D eigenvalue weighted by atomic mass is 32.1. The molecule has 0 unspecified atom stereocenters. The maximum absolute atomic E-state index is 7.04. The monoisotopic (exact) mass is 1610 g/mol.